The van der Waals surface area contributed by atoms with Crippen molar-refractivity contribution in [1.82, 2.24) is 19.8 Å². The summed E-state index contributed by atoms with van der Waals surface area (Å²) in [6, 6.07) is 7.42. The van der Waals surface area contributed by atoms with Crippen LogP contribution in [0.3, 0.4) is 0 Å². The maximum Gasteiger partial charge on any atom is 0.319 e. The molecule has 1 aliphatic carbocycles. The monoisotopic (exact) mass is 367 g/mol. The molecule has 4 rings (SSSR count). The topological polar surface area (TPSA) is 79.3 Å². The smallest absolute Gasteiger partial charge is 0.319 e. The van der Waals surface area contributed by atoms with Crippen LogP contribution in [0.2, 0.25) is 0 Å². The summed E-state index contributed by atoms with van der Waals surface area (Å²) in [7, 11) is 0. The molecule has 2 heterocycles. The summed E-state index contributed by atoms with van der Waals surface area (Å²) in [5.41, 5.74) is 1.73. The van der Waals surface area contributed by atoms with Crippen molar-refractivity contribution in [3.05, 3.63) is 42.5 Å². The summed E-state index contributed by atoms with van der Waals surface area (Å²) in [6.07, 6.45) is 7.53. The number of amides is 3. The predicted octanol–water partition coefficient (Wildman–Crippen LogP) is 2.70. The minimum absolute atomic E-state index is 0.00863. The standard InChI is InChI=1S/C20H25N5O2/c1-14-21-10-12-25(14)18-8-6-16(7-9-18)22-20(27)23-17-3-2-11-24(13-17)19(26)15-4-5-15/h6-10,12,15,17H,2-5,11,13H2,1H3,(H2,22,23,27)/t17-/m1/s1. The van der Waals surface area contributed by atoms with Gasteiger partial charge in [-0.2, -0.15) is 0 Å². The molecule has 1 saturated carbocycles. The Balaban J connectivity index is 1.31. The first-order valence-electron chi connectivity index (χ1n) is 9.57. The van der Waals surface area contributed by atoms with Crippen molar-refractivity contribution in [1.29, 1.82) is 0 Å². The lowest BCUT2D eigenvalue weighted by Crippen LogP contribution is -2.50. The van der Waals surface area contributed by atoms with Crippen LogP contribution < -0.4 is 10.6 Å². The van der Waals surface area contributed by atoms with E-state index >= 15 is 0 Å². The number of benzene rings is 1. The predicted molar refractivity (Wildman–Crippen MR) is 103 cm³/mol. The second-order valence-corrected chi connectivity index (χ2v) is 7.39. The van der Waals surface area contributed by atoms with E-state index < -0.39 is 0 Å². The summed E-state index contributed by atoms with van der Waals surface area (Å²) < 4.78 is 1.98. The number of anilines is 1. The molecule has 0 radical (unpaired) electrons. The molecule has 0 bridgehead atoms. The highest BCUT2D eigenvalue weighted by Gasteiger charge is 2.35. The zero-order chi connectivity index (χ0) is 18.8. The minimum Gasteiger partial charge on any atom is -0.340 e. The summed E-state index contributed by atoms with van der Waals surface area (Å²) in [6.45, 7) is 3.37. The zero-order valence-corrected chi connectivity index (χ0v) is 15.5. The number of piperidine rings is 1. The van der Waals surface area contributed by atoms with E-state index in [0.29, 0.717) is 6.54 Å². The first-order valence-corrected chi connectivity index (χ1v) is 9.57. The highest BCUT2D eigenvalue weighted by molar-refractivity contribution is 5.89. The number of likely N-dealkylation sites (tertiary alicyclic amines) is 1. The van der Waals surface area contributed by atoms with E-state index in [1.54, 1.807) is 6.20 Å². The first kappa shape index (κ1) is 17.6. The van der Waals surface area contributed by atoms with E-state index in [2.05, 4.69) is 15.6 Å². The summed E-state index contributed by atoms with van der Waals surface area (Å²) in [4.78, 5) is 30.7. The number of aryl methyl sites for hydroxylation is 1. The van der Waals surface area contributed by atoms with Gasteiger partial charge < -0.3 is 20.1 Å². The van der Waals surface area contributed by atoms with Gasteiger partial charge in [0.15, 0.2) is 0 Å². The Labute approximate surface area is 158 Å². The number of nitrogens with zero attached hydrogens (tertiary/aromatic N) is 3. The van der Waals surface area contributed by atoms with Crippen molar-refractivity contribution in [2.24, 2.45) is 5.92 Å². The Kier molecular flexibility index (Phi) is 4.83. The molecule has 7 heteroatoms. The van der Waals surface area contributed by atoms with Crippen LogP contribution in [-0.2, 0) is 4.79 Å². The Morgan fingerprint density at radius 1 is 1.15 bits per heavy atom. The molecule has 2 fully saturated rings. The second-order valence-electron chi connectivity index (χ2n) is 7.39. The SMILES string of the molecule is Cc1nccn1-c1ccc(NC(=O)N[C@@H]2CCCN(C(=O)C3CC3)C2)cc1. The molecule has 2 aliphatic rings. The third-order valence-corrected chi connectivity index (χ3v) is 5.22. The van der Waals surface area contributed by atoms with Gasteiger partial charge in [0.05, 0.1) is 0 Å². The highest BCUT2D eigenvalue weighted by Crippen LogP contribution is 2.31. The van der Waals surface area contributed by atoms with E-state index in [-0.39, 0.29) is 23.9 Å². The van der Waals surface area contributed by atoms with E-state index in [1.807, 2.05) is 46.9 Å². The van der Waals surface area contributed by atoms with Crippen molar-refractivity contribution >= 4 is 17.6 Å². The molecular formula is C20H25N5O2. The molecule has 27 heavy (non-hydrogen) atoms. The normalized spacial score (nSPS) is 19.6. The highest BCUT2D eigenvalue weighted by atomic mass is 16.2. The third kappa shape index (κ3) is 4.13. The van der Waals surface area contributed by atoms with Crippen LogP contribution in [0.15, 0.2) is 36.7 Å². The zero-order valence-electron chi connectivity index (χ0n) is 15.5. The van der Waals surface area contributed by atoms with Gasteiger partial charge in [0, 0.05) is 48.8 Å². The van der Waals surface area contributed by atoms with Crippen molar-refractivity contribution < 1.29 is 9.59 Å². The van der Waals surface area contributed by atoms with Crippen LogP contribution in [0.5, 0.6) is 0 Å². The molecule has 1 aromatic heterocycles. The van der Waals surface area contributed by atoms with Crippen LogP contribution in [0, 0.1) is 12.8 Å². The van der Waals surface area contributed by atoms with Crippen LogP contribution in [0.4, 0.5) is 10.5 Å². The van der Waals surface area contributed by atoms with Crippen LogP contribution in [0.25, 0.3) is 5.69 Å². The number of aromatic nitrogens is 2. The van der Waals surface area contributed by atoms with Gasteiger partial charge in [-0.1, -0.05) is 0 Å². The van der Waals surface area contributed by atoms with Gasteiger partial charge in [-0.3, -0.25) is 4.79 Å². The summed E-state index contributed by atoms with van der Waals surface area (Å²) >= 11 is 0. The Hall–Kier alpha value is -2.83. The quantitative estimate of drug-likeness (QED) is 0.872. The molecule has 142 valence electrons. The van der Waals surface area contributed by atoms with Crippen molar-refractivity contribution in [2.45, 2.75) is 38.6 Å². The summed E-state index contributed by atoms with van der Waals surface area (Å²) in [5.74, 6) is 1.40. The average Bonchev–Trinajstić information content (AvgIpc) is 3.43. The van der Waals surface area contributed by atoms with Crippen molar-refractivity contribution in [3.63, 3.8) is 0 Å². The van der Waals surface area contributed by atoms with Gasteiger partial charge in [-0.25, -0.2) is 9.78 Å². The number of imidazole rings is 1. The fraction of sp³-hybridized carbons (Fsp3) is 0.450. The van der Waals surface area contributed by atoms with E-state index in [0.717, 1.165) is 49.4 Å². The summed E-state index contributed by atoms with van der Waals surface area (Å²) in [5, 5.41) is 5.88. The van der Waals surface area contributed by atoms with Gasteiger partial charge in [-0.05, 0) is 56.9 Å². The largest absolute Gasteiger partial charge is 0.340 e. The molecule has 0 spiro atoms. The maximum atomic E-state index is 12.3. The number of nitrogens with one attached hydrogen (secondary N) is 2. The van der Waals surface area contributed by atoms with Gasteiger partial charge in [0.2, 0.25) is 5.91 Å². The van der Waals surface area contributed by atoms with Gasteiger partial charge in [0.25, 0.3) is 0 Å². The number of hydrogen-bond donors (Lipinski definition) is 2. The van der Waals surface area contributed by atoms with Gasteiger partial charge in [-0.15, -0.1) is 0 Å². The molecular weight excluding hydrogens is 342 g/mol. The Morgan fingerprint density at radius 3 is 2.59 bits per heavy atom. The number of carbonyl (C=O) groups excluding carboxylic acids is 2. The maximum absolute atomic E-state index is 12.3. The number of carbonyl (C=O) groups is 2. The molecule has 0 unspecified atom stereocenters. The average molecular weight is 367 g/mol. The fourth-order valence-electron chi connectivity index (χ4n) is 3.59. The van der Waals surface area contributed by atoms with Crippen LogP contribution >= 0.6 is 0 Å². The van der Waals surface area contributed by atoms with E-state index in [9.17, 15) is 9.59 Å². The molecule has 7 nitrogen and oxygen atoms in total. The number of urea groups is 1. The molecule has 1 aliphatic heterocycles. The van der Waals surface area contributed by atoms with Gasteiger partial charge >= 0.3 is 6.03 Å². The third-order valence-electron chi connectivity index (χ3n) is 5.22. The Bertz CT molecular complexity index is 825. The molecule has 3 amide bonds. The van der Waals surface area contributed by atoms with E-state index in [4.69, 9.17) is 0 Å². The van der Waals surface area contributed by atoms with E-state index in [1.165, 1.54) is 0 Å². The lowest BCUT2D eigenvalue weighted by Gasteiger charge is -2.33. The van der Waals surface area contributed by atoms with Crippen LogP contribution in [0.1, 0.15) is 31.5 Å². The molecule has 1 atom stereocenters. The molecule has 1 aromatic carbocycles. The van der Waals surface area contributed by atoms with Crippen molar-refractivity contribution in [3.8, 4) is 5.69 Å². The number of hydrogen-bond acceptors (Lipinski definition) is 3. The second kappa shape index (κ2) is 7.42. The first-order chi connectivity index (χ1) is 13.1. The minimum atomic E-state index is -0.229. The molecule has 2 N–H and O–H groups in total. The lowest BCUT2D eigenvalue weighted by molar-refractivity contribution is -0.133. The van der Waals surface area contributed by atoms with Crippen molar-refractivity contribution in [2.75, 3.05) is 18.4 Å². The fourth-order valence-corrected chi connectivity index (χ4v) is 3.59. The Morgan fingerprint density at radius 2 is 1.93 bits per heavy atom. The van der Waals surface area contributed by atoms with Gasteiger partial charge in [0.1, 0.15) is 5.82 Å². The molecule has 2 aromatic rings. The van der Waals surface area contributed by atoms with Crippen LogP contribution in [-0.4, -0.2) is 45.5 Å². The molecule has 1 saturated heterocycles. The number of rotatable bonds is 4. The lowest BCUT2D eigenvalue weighted by atomic mass is 10.1.